The lowest BCUT2D eigenvalue weighted by atomic mass is 10.1. The van der Waals surface area contributed by atoms with Crippen molar-refractivity contribution >= 4 is 17.8 Å². The lowest BCUT2D eigenvalue weighted by Gasteiger charge is -2.14. The fourth-order valence-corrected chi connectivity index (χ4v) is 3.99. The van der Waals surface area contributed by atoms with Gasteiger partial charge in [-0.15, -0.1) is 0 Å². The van der Waals surface area contributed by atoms with Crippen LogP contribution in [0.5, 0.6) is 40.2 Å². The molecule has 0 fully saturated rings. The summed E-state index contributed by atoms with van der Waals surface area (Å²) in [6, 6.07) is 11.5. The molecule has 0 unspecified atom stereocenters. The summed E-state index contributed by atoms with van der Waals surface area (Å²) in [5.74, 6) is 2.08. The predicted molar refractivity (Wildman–Crippen MR) is 128 cm³/mol. The number of allylic oxidation sites excluding steroid dienone is 1. The molecule has 9 nitrogen and oxygen atoms in total. The molecule has 36 heavy (non-hydrogen) atoms. The molecule has 184 valence electrons. The molecule has 0 saturated heterocycles. The van der Waals surface area contributed by atoms with E-state index < -0.39 is 5.97 Å². The van der Waals surface area contributed by atoms with Crippen molar-refractivity contribution in [1.29, 1.82) is 0 Å². The number of benzene rings is 3. The molecule has 0 saturated carbocycles. The Morgan fingerprint density at radius 2 is 1.61 bits per heavy atom. The molecule has 0 spiro atoms. The summed E-state index contributed by atoms with van der Waals surface area (Å²) in [5.41, 5.74) is 1.81. The van der Waals surface area contributed by atoms with Gasteiger partial charge in [0.05, 0.1) is 32.5 Å². The first-order valence-electron chi connectivity index (χ1n) is 10.9. The maximum atomic E-state index is 12.9. The van der Waals surface area contributed by atoms with E-state index >= 15 is 0 Å². The first kappa shape index (κ1) is 23.1. The molecule has 0 atom stereocenters. The van der Waals surface area contributed by atoms with Crippen LogP contribution in [0.3, 0.4) is 0 Å². The van der Waals surface area contributed by atoms with Crippen LogP contribution in [-0.4, -0.2) is 39.9 Å². The number of Topliss-reactive ketones (excluding diaryl/α,β-unsaturated/α-hetero) is 1. The summed E-state index contributed by atoms with van der Waals surface area (Å²) >= 11 is 0. The number of methoxy groups -OCH3 is 3. The van der Waals surface area contributed by atoms with Crippen LogP contribution < -0.4 is 33.2 Å². The topological polar surface area (TPSA) is 98.8 Å². The van der Waals surface area contributed by atoms with Gasteiger partial charge in [-0.05, 0) is 55.0 Å². The molecular formula is C27H22O9. The largest absolute Gasteiger partial charge is 0.493 e. The normalized spacial score (nSPS) is 14.3. The summed E-state index contributed by atoms with van der Waals surface area (Å²) in [6.45, 7) is 1.88. The average molecular weight is 490 g/mol. The molecule has 0 N–H and O–H groups in total. The first-order valence-corrected chi connectivity index (χ1v) is 10.9. The summed E-state index contributed by atoms with van der Waals surface area (Å²) in [4.78, 5) is 25.9. The van der Waals surface area contributed by atoms with Crippen LogP contribution in [0.4, 0.5) is 0 Å². The summed E-state index contributed by atoms with van der Waals surface area (Å²) < 4.78 is 38.2. The highest BCUT2D eigenvalue weighted by Gasteiger charge is 2.31. The van der Waals surface area contributed by atoms with Crippen molar-refractivity contribution in [2.75, 3.05) is 28.1 Å². The van der Waals surface area contributed by atoms with E-state index in [4.69, 9.17) is 33.2 Å². The van der Waals surface area contributed by atoms with Crippen molar-refractivity contribution in [1.82, 2.24) is 0 Å². The van der Waals surface area contributed by atoms with E-state index in [9.17, 15) is 9.59 Å². The van der Waals surface area contributed by atoms with Crippen molar-refractivity contribution in [2.24, 2.45) is 0 Å². The Kier molecular flexibility index (Phi) is 5.89. The zero-order valence-electron chi connectivity index (χ0n) is 20.0. The second-order valence-corrected chi connectivity index (χ2v) is 7.92. The van der Waals surface area contributed by atoms with E-state index in [1.807, 2.05) is 0 Å². The Bertz CT molecular complexity index is 1400. The number of carbonyl (C=O) groups is 2. The molecule has 2 aliphatic heterocycles. The van der Waals surface area contributed by atoms with E-state index in [-0.39, 0.29) is 29.6 Å². The molecule has 0 aromatic heterocycles. The Hall–Kier alpha value is -4.66. The fraction of sp³-hybridized carbons (Fsp3) is 0.185. The summed E-state index contributed by atoms with van der Waals surface area (Å²) in [6.07, 6.45) is 1.63. The monoisotopic (exact) mass is 490 g/mol. The molecule has 2 aliphatic rings. The van der Waals surface area contributed by atoms with Gasteiger partial charge in [-0.1, -0.05) is 6.07 Å². The number of ketones is 1. The standard InChI is InChI=1S/C27H22O9/c1-14-18(36-27(29)16-11-22(30-2)26(32-4)23(12-16)31-3)8-6-17-24(28)21(35-25(14)17)10-15-5-7-19-20(9-15)34-13-33-19/h5-12H,13H2,1-4H3/b21-10-. The maximum Gasteiger partial charge on any atom is 0.343 e. The summed E-state index contributed by atoms with van der Waals surface area (Å²) in [5, 5.41) is 0. The van der Waals surface area contributed by atoms with Crippen LogP contribution >= 0.6 is 0 Å². The van der Waals surface area contributed by atoms with Gasteiger partial charge in [-0.2, -0.15) is 0 Å². The highest BCUT2D eigenvalue weighted by atomic mass is 16.7. The van der Waals surface area contributed by atoms with Gasteiger partial charge in [0.2, 0.25) is 18.3 Å². The lowest BCUT2D eigenvalue weighted by Crippen LogP contribution is -2.10. The van der Waals surface area contributed by atoms with E-state index in [2.05, 4.69) is 0 Å². The minimum atomic E-state index is -0.641. The van der Waals surface area contributed by atoms with Gasteiger partial charge >= 0.3 is 5.97 Å². The van der Waals surface area contributed by atoms with Gasteiger partial charge in [0.1, 0.15) is 11.5 Å². The van der Waals surface area contributed by atoms with Gasteiger partial charge < -0.3 is 33.2 Å². The van der Waals surface area contributed by atoms with E-state index in [1.54, 1.807) is 43.3 Å². The Balaban J connectivity index is 1.41. The predicted octanol–water partition coefficient (Wildman–Crippen LogP) is 4.58. The number of carbonyl (C=O) groups excluding carboxylic acids is 2. The second kappa shape index (κ2) is 9.18. The summed E-state index contributed by atoms with van der Waals surface area (Å²) in [7, 11) is 4.39. The van der Waals surface area contributed by atoms with Crippen molar-refractivity contribution < 1.29 is 42.7 Å². The average Bonchev–Trinajstić information content (AvgIpc) is 3.49. The SMILES string of the molecule is COc1cc(C(=O)Oc2ccc3c(c2C)O/C(=C\c2ccc4c(c2)OCO4)C3=O)cc(OC)c1OC. The zero-order valence-corrected chi connectivity index (χ0v) is 20.0. The molecular weight excluding hydrogens is 468 g/mol. The fourth-order valence-electron chi connectivity index (χ4n) is 3.99. The minimum absolute atomic E-state index is 0.153. The number of esters is 1. The van der Waals surface area contributed by atoms with Crippen LogP contribution in [0.1, 0.15) is 31.8 Å². The Morgan fingerprint density at radius 1 is 0.889 bits per heavy atom. The van der Waals surface area contributed by atoms with E-state index in [0.717, 1.165) is 5.56 Å². The minimum Gasteiger partial charge on any atom is -0.493 e. The van der Waals surface area contributed by atoms with E-state index in [1.165, 1.54) is 33.5 Å². The molecule has 5 rings (SSSR count). The number of fused-ring (bicyclic) bond motifs is 2. The van der Waals surface area contributed by atoms with Crippen LogP contribution in [-0.2, 0) is 0 Å². The molecule has 2 heterocycles. The third kappa shape index (κ3) is 3.94. The van der Waals surface area contributed by atoms with Crippen molar-refractivity contribution in [3.05, 3.63) is 70.5 Å². The van der Waals surface area contributed by atoms with Crippen LogP contribution in [0.2, 0.25) is 0 Å². The van der Waals surface area contributed by atoms with Crippen molar-refractivity contribution in [3.63, 3.8) is 0 Å². The van der Waals surface area contributed by atoms with Gasteiger partial charge in [-0.3, -0.25) is 4.79 Å². The first-order chi connectivity index (χ1) is 17.4. The Labute approximate surface area is 206 Å². The third-order valence-electron chi connectivity index (χ3n) is 5.83. The van der Waals surface area contributed by atoms with Crippen LogP contribution in [0.25, 0.3) is 6.08 Å². The van der Waals surface area contributed by atoms with Crippen molar-refractivity contribution in [2.45, 2.75) is 6.92 Å². The number of rotatable bonds is 6. The molecule has 0 radical (unpaired) electrons. The number of ether oxygens (including phenoxy) is 7. The number of hydrogen-bond donors (Lipinski definition) is 0. The molecule has 0 amide bonds. The maximum absolute atomic E-state index is 12.9. The number of hydrogen-bond acceptors (Lipinski definition) is 9. The second-order valence-electron chi connectivity index (χ2n) is 7.92. The molecule has 3 aromatic rings. The molecule has 0 bridgehead atoms. The lowest BCUT2D eigenvalue weighted by molar-refractivity contribution is 0.0732. The van der Waals surface area contributed by atoms with Crippen molar-refractivity contribution in [3.8, 4) is 40.2 Å². The highest BCUT2D eigenvalue weighted by Crippen LogP contribution is 2.41. The zero-order chi connectivity index (χ0) is 25.4. The molecule has 3 aromatic carbocycles. The Morgan fingerprint density at radius 3 is 2.31 bits per heavy atom. The highest BCUT2D eigenvalue weighted by molar-refractivity contribution is 6.15. The van der Waals surface area contributed by atoms with E-state index in [0.29, 0.717) is 45.6 Å². The quantitative estimate of drug-likeness (QED) is 0.279. The smallest absolute Gasteiger partial charge is 0.343 e. The third-order valence-corrected chi connectivity index (χ3v) is 5.83. The van der Waals surface area contributed by atoms with Gasteiger partial charge in [-0.25, -0.2) is 4.79 Å². The van der Waals surface area contributed by atoms with Gasteiger partial charge in [0.15, 0.2) is 28.8 Å². The van der Waals surface area contributed by atoms with Gasteiger partial charge in [0, 0.05) is 5.56 Å². The van der Waals surface area contributed by atoms with Crippen LogP contribution in [0, 0.1) is 6.92 Å². The van der Waals surface area contributed by atoms with Crippen LogP contribution in [0.15, 0.2) is 48.2 Å². The molecule has 9 heteroatoms. The van der Waals surface area contributed by atoms with Gasteiger partial charge in [0.25, 0.3) is 0 Å². The molecule has 0 aliphatic carbocycles.